The first-order valence-corrected chi connectivity index (χ1v) is 7.65. The highest BCUT2D eigenvalue weighted by Gasteiger charge is 2.36. The SMILES string of the molecule is C1=NCC2(CCc3cccc(-c4cccs4)c3C2)N1. The minimum atomic E-state index is 0.181. The molecule has 1 aromatic heterocycles. The molecule has 0 saturated heterocycles. The number of rotatable bonds is 1. The molecule has 2 nitrogen and oxygen atoms in total. The van der Waals surface area contributed by atoms with Crippen molar-refractivity contribution in [3.05, 3.63) is 46.8 Å². The fourth-order valence-corrected chi connectivity index (χ4v) is 4.03. The maximum atomic E-state index is 4.39. The summed E-state index contributed by atoms with van der Waals surface area (Å²) in [6, 6.07) is 11.1. The van der Waals surface area contributed by atoms with Crippen molar-refractivity contribution in [2.24, 2.45) is 4.99 Å². The van der Waals surface area contributed by atoms with Crippen molar-refractivity contribution in [3.8, 4) is 10.4 Å². The number of thiophene rings is 1. The number of aliphatic imine (C=N–C) groups is 1. The van der Waals surface area contributed by atoms with E-state index in [0.717, 1.165) is 19.4 Å². The van der Waals surface area contributed by atoms with E-state index in [-0.39, 0.29) is 5.54 Å². The molecule has 1 atom stereocenters. The summed E-state index contributed by atoms with van der Waals surface area (Å²) >= 11 is 1.83. The Morgan fingerprint density at radius 1 is 1.21 bits per heavy atom. The fourth-order valence-electron chi connectivity index (χ4n) is 3.25. The number of hydrogen-bond donors (Lipinski definition) is 1. The standard InChI is InChI=1S/C16H16N2S/c1-3-12-6-7-16(10-17-11-18-16)9-14(12)13(4-1)15-5-2-8-19-15/h1-5,8,11H,6-7,9-10H2,(H,17,18). The van der Waals surface area contributed by atoms with Crippen LogP contribution in [0.1, 0.15) is 17.5 Å². The number of aryl methyl sites for hydroxylation is 1. The molecule has 2 aromatic rings. The number of nitrogens with zero attached hydrogens (tertiary/aromatic N) is 1. The van der Waals surface area contributed by atoms with Crippen LogP contribution in [-0.4, -0.2) is 18.4 Å². The number of nitrogens with one attached hydrogen (secondary N) is 1. The molecule has 0 fully saturated rings. The molecular formula is C16H16N2S. The van der Waals surface area contributed by atoms with Crippen LogP contribution in [0.3, 0.4) is 0 Å². The fraction of sp³-hybridized carbons (Fsp3) is 0.312. The number of benzene rings is 1. The Labute approximate surface area is 117 Å². The summed E-state index contributed by atoms with van der Waals surface area (Å²) in [5.74, 6) is 0. The lowest BCUT2D eigenvalue weighted by Crippen LogP contribution is -2.47. The molecule has 3 heteroatoms. The molecule has 0 radical (unpaired) electrons. The predicted octanol–water partition coefficient (Wildman–Crippen LogP) is 3.27. The van der Waals surface area contributed by atoms with E-state index in [1.54, 1.807) is 0 Å². The molecule has 0 bridgehead atoms. The van der Waals surface area contributed by atoms with Gasteiger partial charge >= 0.3 is 0 Å². The molecule has 1 N–H and O–H groups in total. The third-order valence-corrected chi connectivity index (χ3v) is 5.21. The summed E-state index contributed by atoms with van der Waals surface area (Å²) in [5.41, 5.74) is 4.64. The Bertz CT molecular complexity index is 620. The van der Waals surface area contributed by atoms with Gasteiger partial charge in [0, 0.05) is 4.88 Å². The Morgan fingerprint density at radius 3 is 3.00 bits per heavy atom. The maximum Gasteiger partial charge on any atom is 0.0829 e. The molecule has 2 heterocycles. The highest BCUT2D eigenvalue weighted by molar-refractivity contribution is 7.13. The zero-order chi connectivity index (χ0) is 12.7. The first kappa shape index (κ1) is 11.2. The van der Waals surface area contributed by atoms with Crippen LogP contribution in [0.5, 0.6) is 0 Å². The van der Waals surface area contributed by atoms with Crippen LogP contribution >= 0.6 is 11.3 Å². The normalized spacial score (nSPS) is 24.4. The molecule has 1 aromatic carbocycles. The van der Waals surface area contributed by atoms with Gasteiger partial charge in [0.05, 0.1) is 18.4 Å². The van der Waals surface area contributed by atoms with Gasteiger partial charge in [-0.1, -0.05) is 24.3 Å². The summed E-state index contributed by atoms with van der Waals surface area (Å²) in [6.07, 6.45) is 5.33. The second-order valence-electron chi connectivity index (χ2n) is 5.49. The second kappa shape index (κ2) is 4.20. The third kappa shape index (κ3) is 1.80. The summed E-state index contributed by atoms with van der Waals surface area (Å²) in [7, 11) is 0. The van der Waals surface area contributed by atoms with Crippen molar-refractivity contribution in [2.45, 2.75) is 24.8 Å². The largest absolute Gasteiger partial charge is 0.369 e. The quantitative estimate of drug-likeness (QED) is 0.843. The molecule has 1 aliphatic heterocycles. The van der Waals surface area contributed by atoms with Gasteiger partial charge in [-0.25, -0.2) is 0 Å². The van der Waals surface area contributed by atoms with E-state index >= 15 is 0 Å². The van der Waals surface area contributed by atoms with Crippen LogP contribution in [0.2, 0.25) is 0 Å². The molecule has 1 spiro atoms. The van der Waals surface area contributed by atoms with E-state index in [1.807, 2.05) is 17.7 Å². The van der Waals surface area contributed by atoms with Gasteiger partial charge in [0.1, 0.15) is 0 Å². The maximum absolute atomic E-state index is 4.39. The van der Waals surface area contributed by atoms with Gasteiger partial charge in [-0.05, 0) is 47.4 Å². The molecule has 0 saturated carbocycles. The molecular weight excluding hydrogens is 252 g/mol. The van der Waals surface area contributed by atoms with Crippen molar-refractivity contribution in [1.29, 1.82) is 0 Å². The molecule has 0 amide bonds. The van der Waals surface area contributed by atoms with Crippen LogP contribution in [0, 0.1) is 0 Å². The van der Waals surface area contributed by atoms with Crippen molar-refractivity contribution < 1.29 is 0 Å². The van der Waals surface area contributed by atoms with E-state index in [4.69, 9.17) is 0 Å². The average Bonchev–Trinajstić information content (AvgIpc) is 3.10. The van der Waals surface area contributed by atoms with Crippen LogP contribution in [0.25, 0.3) is 10.4 Å². The molecule has 1 aliphatic carbocycles. The summed E-state index contributed by atoms with van der Waals surface area (Å²) in [4.78, 5) is 5.77. The van der Waals surface area contributed by atoms with E-state index < -0.39 is 0 Å². The molecule has 4 rings (SSSR count). The van der Waals surface area contributed by atoms with Gasteiger partial charge in [-0.2, -0.15) is 0 Å². The van der Waals surface area contributed by atoms with Gasteiger partial charge in [0.2, 0.25) is 0 Å². The van der Waals surface area contributed by atoms with Gasteiger partial charge < -0.3 is 5.32 Å². The van der Waals surface area contributed by atoms with Crippen LogP contribution in [0.4, 0.5) is 0 Å². The molecule has 19 heavy (non-hydrogen) atoms. The van der Waals surface area contributed by atoms with Crippen molar-refractivity contribution >= 4 is 17.7 Å². The monoisotopic (exact) mass is 268 g/mol. The smallest absolute Gasteiger partial charge is 0.0829 e. The lowest BCUT2D eigenvalue weighted by atomic mass is 9.76. The minimum Gasteiger partial charge on any atom is -0.369 e. The summed E-state index contributed by atoms with van der Waals surface area (Å²) in [6.45, 7) is 0.922. The van der Waals surface area contributed by atoms with E-state index in [2.05, 4.69) is 46.0 Å². The van der Waals surface area contributed by atoms with E-state index in [1.165, 1.54) is 28.0 Å². The highest BCUT2D eigenvalue weighted by Crippen LogP contribution is 2.37. The van der Waals surface area contributed by atoms with Gasteiger partial charge in [-0.15, -0.1) is 11.3 Å². The Kier molecular flexibility index (Phi) is 2.49. The lowest BCUT2D eigenvalue weighted by molar-refractivity contribution is 0.364. The summed E-state index contributed by atoms with van der Waals surface area (Å²) in [5, 5.41) is 5.65. The van der Waals surface area contributed by atoms with Crippen LogP contribution in [-0.2, 0) is 12.8 Å². The van der Waals surface area contributed by atoms with E-state index in [9.17, 15) is 0 Å². The average molecular weight is 268 g/mol. The Morgan fingerprint density at radius 2 is 2.21 bits per heavy atom. The van der Waals surface area contributed by atoms with Crippen molar-refractivity contribution in [2.75, 3.05) is 6.54 Å². The second-order valence-corrected chi connectivity index (χ2v) is 6.44. The minimum absolute atomic E-state index is 0.181. The highest BCUT2D eigenvalue weighted by atomic mass is 32.1. The third-order valence-electron chi connectivity index (χ3n) is 4.30. The van der Waals surface area contributed by atoms with Gasteiger partial charge in [-0.3, -0.25) is 4.99 Å². The predicted molar refractivity (Wildman–Crippen MR) is 81.0 cm³/mol. The van der Waals surface area contributed by atoms with Crippen molar-refractivity contribution in [3.63, 3.8) is 0 Å². The summed E-state index contributed by atoms with van der Waals surface area (Å²) < 4.78 is 0. The Balaban J connectivity index is 1.80. The number of fused-ring (bicyclic) bond motifs is 1. The van der Waals surface area contributed by atoms with Gasteiger partial charge in [0.25, 0.3) is 0 Å². The zero-order valence-corrected chi connectivity index (χ0v) is 11.5. The van der Waals surface area contributed by atoms with Gasteiger partial charge in [0.15, 0.2) is 0 Å². The van der Waals surface area contributed by atoms with Crippen molar-refractivity contribution in [1.82, 2.24) is 5.32 Å². The molecule has 1 unspecified atom stereocenters. The zero-order valence-electron chi connectivity index (χ0n) is 10.7. The topological polar surface area (TPSA) is 24.4 Å². The molecule has 96 valence electrons. The number of hydrogen-bond acceptors (Lipinski definition) is 3. The van der Waals surface area contributed by atoms with Crippen LogP contribution in [0.15, 0.2) is 40.7 Å². The van der Waals surface area contributed by atoms with E-state index in [0.29, 0.717) is 0 Å². The molecule has 2 aliphatic rings. The first-order valence-electron chi connectivity index (χ1n) is 6.77. The van der Waals surface area contributed by atoms with Crippen LogP contribution < -0.4 is 5.32 Å². The first-order chi connectivity index (χ1) is 9.36. The Hall–Kier alpha value is -1.61. The lowest BCUT2D eigenvalue weighted by Gasteiger charge is -2.35.